The maximum absolute atomic E-state index is 12.6. The number of carbonyl (C=O) groups excluding carboxylic acids is 1. The Morgan fingerprint density at radius 2 is 1.85 bits per heavy atom. The molecule has 0 spiro atoms. The second-order valence-electron chi connectivity index (χ2n) is 5.94. The maximum atomic E-state index is 12.6. The average Bonchev–Trinajstić information content (AvgIpc) is 3.09. The third-order valence-corrected chi connectivity index (χ3v) is 4.44. The lowest BCUT2D eigenvalue weighted by Gasteiger charge is -2.27. The Kier molecular flexibility index (Phi) is 4.42. The van der Waals surface area contributed by atoms with E-state index in [2.05, 4.69) is 22.0 Å². The van der Waals surface area contributed by atoms with Crippen molar-refractivity contribution in [3.63, 3.8) is 0 Å². The van der Waals surface area contributed by atoms with E-state index in [0.29, 0.717) is 36.0 Å². The molecule has 0 saturated heterocycles. The number of halogens is 1. The number of amides is 1. The lowest BCUT2D eigenvalue weighted by molar-refractivity contribution is 0.0707. The van der Waals surface area contributed by atoms with Gasteiger partial charge in [-0.05, 0) is 36.3 Å². The third-order valence-electron chi connectivity index (χ3n) is 4.20. The van der Waals surface area contributed by atoms with Crippen molar-refractivity contribution in [2.75, 3.05) is 6.54 Å². The summed E-state index contributed by atoms with van der Waals surface area (Å²) in [6, 6.07) is 16.6. The van der Waals surface area contributed by atoms with Gasteiger partial charge in [0, 0.05) is 29.2 Å². The van der Waals surface area contributed by atoms with Gasteiger partial charge in [0.05, 0.1) is 6.54 Å². The molecule has 1 aliphatic rings. The van der Waals surface area contributed by atoms with E-state index in [0.717, 1.165) is 11.4 Å². The van der Waals surface area contributed by atoms with Crippen LogP contribution in [0.25, 0.3) is 0 Å². The van der Waals surface area contributed by atoms with Gasteiger partial charge in [0.1, 0.15) is 0 Å². The molecule has 0 fully saturated rings. The fourth-order valence-electron chi connectivity index (χ4n) is 2.88. The van der Waals surface area contributed by atoms with E-state index in [9.17, 15) is 4.79 Å². The first-order valence-electron chi connectivity index (χ1n) is 8.25. The van der Waals surface area contributed by atoms with Crippen LogP contribution in [-0.4, -0.2) is 32.1 Å². The molecule has 0 aliphatic carbocycles. The van der Waals surface area contributed by atoms with Crippen molar-refractivity contribution >= 4 is 17.5 Å². The van der Waals surface area contributed by atoms with Gasteiger partial charge >= 0.3 is 0 Å². The van der Waals surface area contributed by atoms with Gasteiger partial charge in [-0.1, -0.05) is 41.8 Å². The van der Waals surface area contributed by atoms with E-state index in [1.807, 2.05) is 59.2 Å². The van der Waals surface area contributed by atoms with Gasteiger partial charge < -0.3 is 9.47 Å². The molecule has 1 aromatic heterocycles. The first-order valence-corrected chi connectivity index (χ1v) is 8.62. The van der Waals surface area contributed by atoms with E-state index in [1.54, 1.807) is 4.90 Å². The summed E-state index contributed by atoms with van der Waals surface area (Å²) >= 11 is 5.98. The molecule has 0 N–H and O–H groups in total. The lowest BCUT2D eigenvalue weighted by atomic mass is 10.2. The quantitative estimate of drug-likeness (QED) is 0.625. The number of hydrogen-bond donors (Lipinski definition) is 0. The van der Waals surface area contributed by atoms with Crippen LogP contribution >= 0.6 is 11.6 Å². The summed E-state index contributed by atoms with van der Waals surface area (Å²) in [6.07, 6.45) is 0. The second kappa shape index (κ2) is 7.03. The molecule has 0 bridgehead atoms. The van der Waals surface area contributed by atoms with Crippen LogP contribution in [0, 0.1) is 11.8 Å². The van der Waals surface area contributed by atoms with Crippen molar-refractivity contribution < 1.29 is 4.79 Å². The van der Waals surface area contributed by atoms with E-state index in [-0.39, 0.29) is 5.91 Å². The van der Waals surface area contributed by atoms with Crippen LogP contribution in [0.15, 0.2) is 54.6 Å². The SMILES string of the molecule is O=C(c1ccccc1)N1CCn2c(C#Cc3cccc(Cl)c3)nnc2C1. The van der Waals surface area contributed by atoms with E-state index in [1.165, 1.54) is 0 Å². The number of nitrogens with zero attached hydrogens (tertiary/aromatic N) is 4. The first kappa shape index (κ1) is 16.4. The maximum Gasteiger partial charge on any atom is 0.254 e. The Hall–Kier alpha value is -3.10. The van der Waals surface area contributed by atoms with Crippen LogP contribution in [0.5, 0.6) is 0 Å². The molecule has 6 heteroatoms. The molecule has 1 amide bonds. The molecule has 0 saturated carbocycles. The molecule has 2 heterocycles. The summed E-state index contributed by atoms with van der Waals surface area (Å²) in [4.78, 5) is 14.4. The number of aromatic nitrogens is 3. The van der Waals surface area contributed by atoms with Gasteiger partial charge in [-0.15, -0.1) is 10.2 Å². The van der Waals surface area contributed by atoms with E-state index >= 15 is 0 Å². The highest BCUT2D eigenvalue weighted by molar-refractivity contribution is 6.30. The molecule has 3 aromatic rings. The van der Waals surface area contributed by atoms with Crippen LogP contribution in [0.3, 0.4) is 0 Å². The third kappa shape index (κ3) is 3.32. The zero-order valence-electron chi connectivity index (χ0n) is 13.9. The van der Waals surface area contributed by atoms with Crippen LogP contribution in [0.2, 0.25) is 5.02 Å². The zero-order chi connectivity index (χ0) is 17.9. The molecule has 0 radical (unpaired) electrons. The fourth-order valence-corrected chi connectivity index (χ4v) is 3.07. The Morgan fingerprint density at radius 3 is 2.65 bits per heavy atom. The summed E-state index contributed by atoms with van der Waals surface area (Å²) in [6.45, 7) is 1.66. The number of carbonyl (C=O) groups is 1. The highest BCUT2D eigenvalue weighted by Crippen LogP contribution is 2.15. The zero-order valence-corrected chi connectivity index (χ0v) is 14.6. The fraction of sp³-hybridized carbons (Fsp3) is 0.150. The van der Waals surface area contributed by atoms with Crippen molar-refractivity contribution in [3.8, 4) is 11.8 Å². The van der Waals surface area contributed by atoms with Crippen molar-refractivity contribution in [3.05, 3.63) is 82.4 Å². The highest BCUT2D eigenvalue weighted by Gasteiger charge is 2.24. The normalized spacial score (nSPS) is 12.9. The average molecular weight is 363 g/mol. The summed E-state index contributed by atoms with van der Waals surface area (Å²) in [5, 5.41) is 9.02. The van der Waals surface area contributed by atoms with Crippen LogP contribution in [0.1, 0.15) is 27.6 Å². The predicted octanol–water partition coefficient (Wildman–Crippen LogP) is 2.99. The van der Waals surface area contributed by atoms with E-state index < -0.39 is 0 Å². The van der Waals surface area contributed by atoms with Crippen LogP contribution < -0.4 is 0 Å². The Labute approximate surface area is 156 Å². The number of rotatable bonds is 1. The van der Waals surface area contributed by atoms with Crippen molar-refractivity contribution in [2.45, 2.75) is 13.1 Å². The van der Waals surface area contributed by atoms with Crippen LogP contribution in [0.4, 0.5) is 0 Å². The summed E-state index contributed by atoms with van der Waals surface area (Å²) < 4.78 is 1.96. The highest BCUT2D eigenvalue weighted by atomic mass is 35.5. The van der Waals surface area contributed by atoms with Gasteiger partial charge in [-0.2, -0.15) is 0 Å². The second-order valence-corrected chi connectivity index (χ2v) is 6.38. The molecule has 0 unspecified atom stereocenters. The molecule has 4 rings (SSSR count). The smallest absolute Gasteiger partial charge is 0.254 e. The topological polar surface area (TPSA) is 51.0 Å². The van der Waals surface area contributed by atoms with Gasteiger partial charge in [0.25, 0.3) is 5.91 Å². The van der Waals surface area contributed by atoms with Crippen molar-refractivity contribution in [2.24, 2.45) is 0 Å². The Morgan fingerprint density at radius 1 is 1.00 bits per heavy atom. The summed E-state index contributed by atoms with van der Waals surface area (Å²) in [7, 11) is 0. The van der Waals surface area contributed by atoms with Crippen molar-refractivity contribution in [1.82, 2.24) is 19.7 Å². The Balaban J connectivity index is 1.53. The number of fused-ring (bicyclic) bond motifs is 1. The van der Waals surface area contributed by atoms with Gasteiger partial charge in [-0.25, -0.2) is 0 Å². The van der Waals surface area contributed by atoms with Gasteiger partial charge in [0.2, 0.25) is 5.82 Å². The number of benzene rings is 2. The largest absolute Gasteiger partial charge is 0.329 e. The Bertz CT molecular complexity index is 1020. The van der Waals surface area contributed by atoms with Crippen LogP contribution in [-0.2, 0) is 13.1 Å². The molecule has 5 nitrogen and oxygen atoms in total. The lowest BCUT2D eigenvalue weighted by Crippen LogP contribution is -2.38. The predicted molar refractivity (Wildman–Crippen MR) is 98.6 cm³/mol. The van der Waals surface area contributed by atoms with Gasteiger partial charge in [0.15, 0.2) is 5.82 Å². The monoisotopic (exact) mass is 362 g/mol. The molecular weight excluding hydrogens is 348 g/mol. The molecular formula is C20H15ClN4O. The number of hydrogen-bond acceptors (Lipinski definition) is 3. The molecule has 1 aliphatic heterocycles. The summed E-state index contributed by atoms with van der Waals surface area (Å²) in [5.74, 6) is 7.46. The van der Waals surface area contributed by atoms with E-state index in [4.69, 9.17) is 11.6 Å². The molecule has 0 atom stereocenters. The summed E-state index contributed by atoms with van der Waals surface area (Å²) in [5.41, 5.74) is 1.51. The van der Waals surface area contributed by atoms with Gasteiger partial charge in [-0.3, -0.25) is 4.79 Å². The minimum Gasteiger partial charge on any atom is -0.329 e. The standard InChI is InChI=1S/C20H15ClN4O/c21-17-8-4-5-15(13-17)9-10-18-22-23-19-14-24(11-12-25(18)19)20(26)16-6-2-1-3-7-16/h1-8,13H,11-12,14H2. The first-order chi connectivity index (χ1) is 12.7. The minimum absolute atomic E-state index is 0.00594. The molecule has 26 heavy (non-hydrogen) atoms. The minimum atomic E-state index is 0.00594. The molecule has 128 valence electrons. The molecule has 2 aromatic carbocycles. The van der Waals surface area contributed by atoms with Crippen molar-refractivity contribution in [1.29, 1.82) is 0 Å².